The Morgan fingerprint density at radius 1 is 0.875 bits per heavy atom. The number of anilines is 1. The Kier molecular flexibility index (Phi) is 5.34. The van der Waals surface area contributed by atoms with E-state index in [1.807, 2.05) is 73.7 Å². The monoisotopic (exact) mass is 333 g/mol. The third-order valence-corrected chi connectivity index (χ3v) is 4.70. The van der Waals surface area contributed by atoms with Gasteiger partial charge >= 0.3 is 0 Å². The molecule has 0 saturated carbocycles. The van der Waals surface area contributed by atoms with Crippen LogP contribution in [0.15, 0.2) is 88.7 Å². The van der Waals surface area contributed by atoms with Crippen molar-refractivity contribution in [1.29, 1.82) is 0 Å². The minimum absolute atomic E-state index is 0.0000326. The summed E-state index contributed by atoms with van der Waals surface area (Å²) in [7, 11) is 0. The van der Waals surface area contributed by atoms with Gasteiger partial charge in [-0.1, -0.05) is 71.9 Å². The minimum Gasteiger partial charge on any atom is -0.325 e. The number of para-hydroxylation sites is 1. The van der Waals surface area contributed by atoms with E-state index in [4.69, 9.17) is 0 Å². The van der Waals surface area contributed by atoms with Crippen molar-refractivity contribution >= 4 is 23.4 Å². The summed E-state index contributed by atoms with van der Waals surface area (Å²) in [5.41, 5.74) is 3.07. The van der Waals surface area contributed by atoms with Gasteiger partial charge in [-0.3, -0.25) is 4.79 Å². The fraction of sp³-hybridized carbons (Fsp3) is 0.0952. The van der Waals surface area contributed by atoms with E-state index < -0.39 is 0 Å². The highest BCUT2D eigenvalue weighted by molar-refractivity contribution is 7.99. The fourth-order valence-corrected chi connectivity index (χ4v) is 3.28. The van der Waals surface area contributed by atoms with Crippen LogP contribution in [0.5, 0.6) is 0 Å². The maximum Gasteiger partial charge on any atom is 0.228 e. The largest absolute Gasteiger partial charge is 0.325 e. The first-order valence-electron chi connectivity index (χ1n) is 7.88. The van der Waals surface area contributed by atoms with Crippen molar-refractivity contribution in [3.8, 4) is 0 Å². The van der Waals surface area contributed by atoms with Crippen LogP contribution in [0.4, 0.5) is 5.69 Å². The number of aryl methyl sites for hydroxylation is 1. The van der Waals surface area contributed by atoms with E-state index in [9.17, 15) is 4.79 Å². The lowest BCUT2D eigenvalue weighted by Crippen LogP contribution is -2.14. The molecule has 0 aliphatic rings. The van der Waals surface area contributed by atoms with Crippen molar-refractivity contribution in [2.75, 3.05) is 5.32 Å². The minimum atomic E-state index is -0.0000326. The number of carbonyl (C=O) groups excluding carboxylic acids is 1. The van der Waals surface area contributed by atoms with Crippen molar-refractivity contribution in [3.63, 3.8) is 0 Å². The summed E-state index contributed by atoms with van der Waals surface area (Å²) in [6, 6.07) is 26.1. The smallest absolute Gasteiger partial charge is 0.228 e. The van der Waals surface area contributed by atoms with E-state index in [-0.39, 0.29) is 5.91 Å². The summed E-state index contributed by atoms with van der Waals surface area (Å²) in [4.78, 5) is 14.5. The third kappa shape index (κ3) is 4.49. The zero-order valence-corrected chi connectivity index (χ0v) is 14.3. The Morgan fingerprint density at radius 2 is 1.54 bits per heavy atom. The van der Waals surface area contributed by atoms with Crippen LogP contribution >= 0.6 is 11.8 Å². The van der Waals surface area contributed by atoms with Crippen LogP contribution in [-0.2, 0) is 11.2 Å². The van der Waals surface area contributed by atoms with Crippen molar-refractivity contribution in [2.45, 2.75) is 23.1 Å². The van der Waals surface area contributed by atoms with Crippen LogP contribution in [0.25, 0.3) is 0 Å². The van der Waals surface area contributed by atoms with Gasteiger partial charge in [-0.2, -0.15) is 0 Å². The predicted octanol–water partition coefficient (Wildman–Crippen LogP) is 5.33. The average molecular weight is 333 g/mol. The van der Waals surface area contributed by atoms with Gasteiger partial charge in [0.15, 0.2) is 0 Å². The second kappa shape index (κ2) is 7.84. The molecule has 1 N–H and O–H groups in total. The molecule has 3 aromatic rings. The highest BCUT2D eigenvalue weighted by Crippen LogP contribution is 2.33. The van der Waals surface area contributed by atoms with Crippen molar-refractivity contribution in [3.05, 3.63) is 90.0 Å². The molecule has 120 valence electrons. The summed E-state index contributed by atoms with van der Waals surface area (Å²) >= 11 is 1.65. The Morgan fingerprint density at radius 3 is 2.29 bits per heavy atom. The van der Waals surface area contributed by atoms with E-state index in [2.05, 4.69) is 17.4 Å². The topological polar surface area (TPSA) is 29.1 Å². The zero-order valence-electron chi connectivity index (χ0n) is 13.5. The van der Waals surface area contributed by atoms with Gasteiger partial charge < -0.3 is 5.32 Å². The molecule has 3 aromatic carbocycles. The highest BCUT2D eigenvalue weighted by atomic mass is 32.2. The normalized spacial score (nSPS) is 10.4. The van der Waals surface area contributed by atoms with Gasteiger partial charge in [0.25, 0.3) is 0 Å². The molecular weight excluding hydrogens is 314 g/mol. The standard InChI is InChI=1S/C21H19NOS/c1-16-11-13-17(14-12-16)15-21(23)22-19-9-5-6-10-20(19)24-18-7-3-2-4-8-18/h2-14H,15H2,1H3,(H,22,23). The van der Waals surface area contributed by atoms with Crippen LogP contribution in [0.1, 0.15) is 11.1 Å². The molecule has 0 fully saturated rings. The predicted molar refractivity (Wildman–Crippen MR) is 101 cm³/mol. The second-order valence-electron chi connectivity index (χ2n) is 5.62. The van der Waals surface area contributed by atoms with E-state index in [1.165, 1.54) is 5.56 Å². The molecule has 0 spiro atoms. The molecule has 3 rings (SSSR count). The molecule has 0 heterocycles. The summed E-state index contributed by atoms with van der Waals surface area (Å²) in [5.74, 6) is -0.0000326. The van der Waals surface area contributed by atoms with Crippen LogP contribution < -0.4 is 5.32 Å². The number of hydrogen-bond acceptors (Lipinski definition) is 2. The van der Waals surface area contributed by atoms with Gasteiger partial charge in [-0.15, -0.1) is 0 Å². The Hall–Kier alpha value is -2.52. The molecule has 0 bridgehead atoms. The molecule has 0 aromatic heterocycles. The summed E-state index contributed by atoms with van der Waals surface area (Å²) < 4.78 is 0. The maximum atomic E-state index is 12.4. The summed E-state index contributed by atoms with van der Waals surface area (Å²) in [5, 5.41) is 3.03. The Labute approximate surface area is 146 Å². The van der Waals surface area contributed by atoms with Crippen LogP contribution in [0, 0.1) is 6.92 Å². The molecule has 24 heavy (non-hydrogen) atoms. The van der Waals surface area contributed by atoms with E-state index in [0.717, 1.165) is 21.0 Å². The van der Waals surface area contributed by atoms with Gasteiger partial charge in [0.05, 0.1) is 12.1 Å². The molecule has 3 heteroatoms. The molecule has 0 atom stereocenters. The lowest BCUT2D eigenvalue weighted by Gasteiger charge is -2.11. The number of hydrogen-bond donors (Lipinski definition) is 1. The number of benzene rings is 3. The van der Waals surface area contributed by atoms with Gasteiger partial charge in [0.1, 0.15) is 0 Å². The number of amides is 1. The molecular formula is C21H19NOS. The molecule has 0 saturated heterocycles. The van der Waals surface area contributed by atoms with Crippen LogP contribution in [-0.4, -0.2) is 5.91 Å². The molecule has 1 amide bonds. The van der Waals surface area contributed by atoms with Gasteiger partial charge in [0, 0.05) is 9.79 Å². The van der Waals surface area contributed by atoms with Crippen LogP contribution in [0.3, 0.4) is 0 Å². The average Bonchev–Trinajstić information content (AvgIpc) is 2.60. The van der Waals surface area contributed by atoms with Crippen LogP contribution in [0.2, 0.25) is 0 Å². The maximum absolute atomic E-state index is 12.4. The summed E-state index contributed by atoms with van der Waals surface area (Å²) in [6.07, 6.45) is 0.380. The Balaban J connectivity index is 1.70. The number of rotatable bonds is 5. The van der Waals surface area contributed by atoms with E-state index >= 15 is 0 Å². The lowest BCUT2D eigenvalue weighted by atomic mass is 10.1. The number of nitrogens with one attached hydrogen (secondary N) is 1. The Bertz CT molecular complexity index is 813. The second-order valence-corrected chi connectivity index (χ2v) is 6.74. The quantitative estimate of drug-likeness (QED) is 0.684. The molecule has 0 unspecified atom stereocenters. The van der Waals surface area contributed by atoms with Gasteiger partial charge in [-0.05, 0) is 36.8 Å². The summed E-state index contributed by atoms with van der Waals surface area (Å²) in [6.45, 7) is 2.04. The lowest BCUT2D eigenvalue weighted by molar-refractivity contribution is -0.115. The fourth-order valence-electron chi connectivity index (χ4n) is 2.36. The zero-order chi connectivity index (χ0) is 16.8. The van der Waals surface area contributed by atoms with Gasteiger partial charge in [0.2, 0.25) is 5.91 Å². The van der Waals surface area contributed by atoms with Crippen molar-refractivity contribution < 1.29 is 4.79 Å². The van der Waals surface area contributed by atoms with Crippen molar-refractivity contribution in [1.82, 2.24) is 0 Å². The highest BCUT2D eigenvalue weighted by Gasteiger charge is 2.08. The molecule has 0 radical (unpaired) electrons. The van der Waals surface area contributed by atoms with Crippen molar-refractivity contribution in [2.24, 2.45) is 0 Å². The molecule has 0 aliphatic carbocycles. The SMILES string of the molecule is Cc1ccc(CC(=O)Nc2ccccc2Sc2ccccc2)cc1. The number of carbonyl (C=O) groups is 1. The first-order valence-corrected chi connectivity index (χ1v) is 8.70. The van der Waals surface area contributed by atoms with E-state index in [0.29, 0.717) is 6.42 Å². The molecule has 0 aliphatic heterocycles. The first-order chi connectivity index (χ1) is 11.7. The van der Waals surface area contributed by atoms with Gasteiger partial charge in [-0.25, -0.2) is 0 Å². The molecule has 2 nitrogen and oxygen atoms in total. The third-order valence-electron chi connectivity index (χ3n) is 3.62. The van der Waals surface area contributed by atoms with E-state index in [1.54, 1.807) is 11.8 Å². The first kappa shape index (κ1) is 16.3.